The summed E-state index contributed by atoms with van der Waals surface area (Å²) in [6, 6.07) is 20.9. The Balaban J connectivity index is 1.68. The number of ether oxygens (including phenoxy) is 1. The minimum absolute atomic E-state index is 0.281. The van der Waals surface area contributed by atoms with E-state index in [1.165, 1.54) is 4.90 Å². The molecule has 162 valence electrons. The molecule has 0 N–H and O–H groups in total. The average molecular weight is 428 g/mol. The number of benzene rings is 3. The third-order valence-electron chi connectivity index (χ3n) is 6.26. The molecule has 2 aliphatic rings. The number of imide groups is 1. The molecule has 6 nitrogen and oxygen atoms in total. The number of para-hydroxylation sites is 1. The van der Waals surface area contributed by atoms with Crippen LogP contribution in [0, 0.1) is 0 Å². The van der Waals surface area contributed by atoms with E-state index in [4.69, 9.17) is 4.74 Å². The lowest BCUT2D eigenvalue weighted by molar-refractivity contribution is -0.120. The van der Waals surface area contributed by atoms with Gasteiger partial charge in [-0.3, -0.25) is 9.59 Å². The van der Waals surface area contributed by atoms with Crippen molar-refractivity contribution in [3.8, 4) is 5.75 Å². The minimum Gasteiger partial charge on any atom is -0.496 e. The van der Waals surface area contributed by atoms with Crippen LogP contribution < -0.4 is 9.64 Å². The van der Waals surface area contributed by atoms with E-state index in [1.807, 2.05) is 71.6 Å². The van der Waals surface area contributed by atoms with Crippen molar-refractivity contribution in [2.24, 2.45) is 0 Å². The lowest BCUT2D eigenvalue weighted by atomic mass is 10.0. The Labute approximate surface area is 187 Å². The number of piperazine rings is 1. The van der Waals surface area contributed by atoms with Gasteiger partial charge in [-0.1, -0.05) is 54.6 Å². The maximum Gasteiger partial charge on any atom is 0.282 e. The molecule has 5 rings (SSSR count). The quantitative estimate of drug-likeness (QED) is 0.598. The third-order valence-corrected chi connectivity index (χ3v) is 6.26. The lowest BCUT2D eigenvalue weighted by Gasteiger charge is -2.34. The van der Waals surface area contributed by atoms with Crippen LogP contribution in [0.1, 0.15) is 5.56 Å². The summed E-state index contributed by atoms with van der Waals surface area (Å²) in [7, 11) is 3.65. The average Bonchev–Trinajstić information content (AvgIpc) is 3.08. The van der Waals surface area contributed by atoms with E-state index in [-0.39, 0.29) is 11.8 Å². The number of methoxy groups -OCH3 is 1. The van der Waals surface area contributed by atoms with Crippen molar-refractivity contribution in [1.82, 2.24) is 9.80 Å². The van der Waals surface area contributed by atoms with Crippen molar-refractivity contribution in [1.29, 1.82) is 0 Å². The molecule has 3 aromatic rings. The van der Waals surface area contributed by atoms with Crippen LogP contribution in [0.25, 0.3) is 16.3 Å². The first-order chi connectivity index (χ1) is 15.6. The van der Waals surface area contributed by atoms with E-state index in [2.05, 4.69) is 11.9 Å². The van der Waals surface area contributed by atoms with Crippen LogP contribution in [0.4, 0.5) is 5.69 Å². The summed E-state index contributed by atoms with van der Waals surface area (Å²) in [6.45, 7) is 3.04. The number of anilines is 1. The Morgan fingerprint density at radius 2 is 1.47 bits per heavy atom. The van der Waals surface area contributed by atoms with Crippen LogP contribution in [0.5, 0.6) is 5.75 Å². The summed E-state index contributed by atoms with van der Waals surface area (Å²) in [4.78, 5) is 33.4. The number of fused-ring (bicyclic) bond motifs is 1. The molecular formula is C26H25N3O3. The van der Waals surface area contributed by atoms with Gasteiger partial charge in [-0.15, -0.1) is 0 Å². The molecule has 2 heterocycles. The molecule has 6 heteroatoms. The summed E-state index contributed by atoms with van der Waals surface area (Å²) in [6.07, 6.45) is 0. The Hall–Kier alpha value is -3.64. The number of carbonyl (C=O) groups is 2. The molecule has 2 amide bonds. The predicted octanol–water partition coefficient (Wildman–Crippen LogP) is 3.38. The Bertz CT molecular complexity index is 1240. The van der Waals surface area contributed by atoms with Crippen LogP contribution in [0.3, 0.4) is 0 Å². The van der Waals surface area contributed by atoms with Gasteiger partial charge in [0.15, 0.2) is 0 Å². The molecule has 32 heavy (non-hydrogen) atoms. The first-order valence-corrected chi connectivity index (χ1v) is 10.8. The van der Waals surface area contributed by atoms with Crippen LogP contribution in [-0.2, 0) is 9.59 Å². The first-order valence-electron chi connectivity index (χ1n) is 10.8. The van der Waals surface area contributed by atoms with Crippen LogP contribution in [0.2, 0.25) is 0 Å². The van der Waals surface area contributed by atoms with Gasteiger partial charge < -0.3 is 14.5 Å². The second-order valence-corrected chi connectivity index (χ2v) is 8.16. The maximum atomic E-state index is 13.9. The minimum atomic E-state index is -0.315. The zero-order chi connectivity index (χ0) is 22.2. The van der Waals surface area contributed by atoms with Crippen LogP contribution >= 0.6 is 0 Å². The second-order valence-electron chi connectivity index (χ2n) is 8.16. The topological polar surface area (TPSA) is 53.1 Å². The number of nitrogens with zero attached hydrogens (tertiary/aromatic N) is 3. The molecule has 0 bridgehead atoms. The molecule has 2 aliphatic heterocycles. The highest BCUT2D eigenvalue weighted by atomic mass is 16.5. The van der Waals surface area contributed by atoms with Gasteiger partial charge in [0.25, 0.3) is 11.8 Å². The van der Waals surface area contributed by atoms with Crippen molar-refractivity contribution in [2.75, 3.05) is 45.2 Å². The van der Waals surface area contributed by atoms with E-state index in [0.717, 1.165) is 23.9 Å². The van der Waals surface area contributed by atoms with E-state index in [0.29, 0.717) is 41.4 Å². The molecular weight excluding hydrogens is 402 g/mol. The number of amides is 2. The zero-order valence-electron chi connectivity index (χ0n) is 18.2. The van der Waals surface area contributed by atoms with Crippen molar-refractivity contribution < 1.29 is 14.3 Å². The van der Waals surface area contributed by atoms with Gasteiger partial charge in [0, 0.05) is 37.1 Å². The normalized spacial score (nSPS) is 17.6. The standard InChI is InChI=1S/C26H25N3O3/c1-27-14-16-28(17-15-27)24-23(20-11-5-6-13-22(20)32-2)25(30)29(26(24)31)21-12-7-9-18-8-3-4-10-19(18)21/h3-13H,14-17H2,1-2H3. The summed E-state index contributed by atoms with van der Waals surface area (Å²) in [5.74, 6) is -0.0170. The fourth-order valence-corrected chi connectivity index (χ4v) is 4.56. The van der Waals surface area contributed by atoms with Crippen molar-refractivity contribution in [3.05, 3.63) is 78.0 Å². The van der Waals surface area contributed by atoms with Gasteiger partial charge in [0.1, 0.15) is 11.4 Å². The van der Waals surface area contributed by atoms with Gasteiger partial charge in [0.2, 0.25) is 0 Å². The van der Waals surface area contributed by atoms with E-state index in [9.17, 15) is 9.59 Å². The van der Waals surface area contributed by atoms with Gasteiger partial charge in [-0.2, -0.15) is 0 Å². The fourth-order valence-electron chi connectivity index (χ4n) is 4.56. The predicted molar refractivity (Wildman–Crippen MR) is 125 cm³/mol. The van der Waals surface area contributed by atoms with E-state index < -0.39 is 0 Å². The smallest absolute Gasteiger partial charge is 0.282 e. The Morgan fingerprint density at radius 3 is 2.25 bits per heavy atom. The summed E-state index contributed by atoms with van der Waals surface area (Å²) < 4.78 is 5.56. The van der Waals surface area contributed by atoms with E-state index in [1.54, 1.807) is 7.11 Å². The Kier molecular flexibility index (Phi) is 5.15. The largest absolute Gasteiger partial charge is 0.496 e. The SMILES string of the molecule is COc1ccccc1C1=C(N2CCN(C)CC2)C(=O)N(c2cccc3ccccc23)C1=O. The number of rotatable bonds is 4. The first kappa shape index (κ1) is 20.3. The molecule has 0 radical (unpaired) electrons. The highest BCUT2D eigenvalue weighted by molar-refractivity contribution is 6.46. The van der Waals surface area contributed by atoms with E-state index >= 15 is 0 Å². The monoisotopic (exact) mass is 427 g/mol. The van der Waals surface area contributed by atoms with Crippen molar-refractivity contribution in [3.63, 3.8) is 0 Å². The van der Waals surface area contributed by atoms with Gasteiger partial charge in [-0.05, 0) is 24.6 Å². The molecule has 0 spiro atoms. The molecule has 3 aromatic carbocycles. The third kappa shape index (κ3) is 3.24. The van der Waals surface area contributed by atoms with Crippen LogP contribution in [0.15, 0.2) is 72.4 Å². The second kappa shape index (κ2) is 8.13. The number of likely N-dealkylation sites (N-methyl/N-ethyl adjacent to an activating group) is 1. The molecule has 1 saturated heterocycles. The van der Waals surface area contributed by atoms with Crippen LogP contribution in [-0.4, -0.2) is 62.0 Å². The van der Waals surface area contributed by atoms with Gasteiger partial charge in [-0.25, -0.2) is 4.90 Å². The Morgan fingerprint density at radius 1 is 0.781 bits per heavy atom. The van der Waals surface area contributed by atoms with Gasteiger partial charge >= 0.3 is 0 Å². The number of hydrogen-bond donors (Lipinski definition) is 0. The number of hydrogen-bond acceptors (Lipinski definition) is 5. The van der Waals surface area contributed by atoms with Gasteiger partial charge in [0.05, 0.1) is 18.4 Å². The zero-order valence-corrected chi connectivity index (χ0v) is 18.2. The molecule has 0 saturated carbocycles. The summed E-state index contributed by atoms with van der Waals surface area (Å²) in [5, 5.41) is 1.85. The summed E-state index contributed by atoms with van der Waals surface area (Å²) in [5.41, 5.74) is 2.12. The fraction of sp³-hybridized carbons (Fsp3) is 0.231. The summed E-state index contributed by atoms with van der Waals surface area (Å²) >= 11 is 0. The van der Waals surface area contributed by atoms with Crippen molar-refractivity contribution >= 4 is 33.8 Å². The molecule has 0 unspecified atom stereocenters. The maximum absolute atomic E-state index is 13.9. The van der Waals surface area contributed by atoms with Crippen molar-refractivity contribution in [2.45, 2.75) is 0 Å². The lowest BCUT2D eigenvalue weighted by Crippen LogP contribution is -2.46. The molecule has 1 fully saturated rings. The molecule has 0 atom stereocenters. The highest BCUT2D eigenvalue weighted by Crippen LogP contribution is 2.40. The molecule has 0 aromatic heterocycles. The molecule has 0 aliphatic carbocycles. The number of carbonyl (C=O) groups excluding carboxylic acids is 2. The highest BCUT2D eigenvalue weighted by Gasteiger charge is 2.44.